The molecular weight excluding hydrogens is 240 g/mol. The van der Waals surface area contributed by atoms with Crippen LogP contribution in [-0.2, 0) is 0 Å². The van der Waals surface area contributed by atoms with Crippen LogP contribution in [0.4, 0.5) is 11.4 Å². The molecule has 0 aliphatic heterocycles. The van der Waals surface area contributed by atoms with Gasteiger partial charge in [-0.05, 0) is 43.2 Å². The zero-order chi connectivity index (χ0) is 13.8. The highest BCUT2D eigenvalue weighted by molar-refractivity contribution is 5.58. The summed E-state index contributed by atoms with van der Waals surface area (Å²) in [7, 11) is 1.61. The molecule has 0 spiro atoms. The molecule has 0 unspecified atom stereocenters. The monoisotopic (exact) mass is 256 g/mol. The van der Waals surface area contributed by atoms with Gasteiger partial charge < -0.3 is 9.84 Å². The molecule has 0 aliphatic carbocycles. The maximum absolute atomic E-state index is 9.64. The second-order valence-corrected chi connectivity index (χ2v) is 4.32. The van der Waals surface area contributed by atoms with Gasteiger partial charge >= 0.3 is 0 Å². The summed E-state index contributed by atoms with van der Waals surface area (Å²) in [5.74, 6) is 0.805. The largest absolute Gasteiger partial charge is 0.506 e. The Kier molecular flexibility index (Phi) is 3.80. The summed E-state index contributed by atoms with van der Waals surface area (Å²) in [4.78, 5) is 0. The fourth-order valence-electron chi connectivity index (χ4n) is 1.93. The molecule has 2 rings (SSSR count). The molecule has 0 saturated heterocycles. The fourth-order valence-corrected chi connectivity index (χ4v) is 1.93. The normalized spacial score (nSPS) is 10.9. The van der Waals surface area contributed by atoms with Crippen molar-refractivity contribution in [1.29, 1.82) is 0 Å². The fraction of sp³-hybridized carbons (Fsp3) is 0.200. The Morgan fingerprint density at radius 3 is 2.37 bits per heavy atom. The van der Waals surface area contributed by atoms with Crippen LogP contribution < -0.4 is 4.74 Å². The van der Waals surface area contributed by atoms with Crippen molar-refractivity contribution in [2.24, 2.45) is 10.2 Å². The summed E-state index contributed by atoms with van der Waals surface area (Å²) < 4.78 is 5.33. The first-order chi connectivity index (χ1) is 9.11. The van der Waals surface area contributed by atoms with Crippen LogP contribution in [0.15, 0.2) is 46.6 Å². The third kappa shape index (κ3) is 2.91. The van der Waals surface area contributed by atoms with Crippen molar-refractivity contribution in [3.05, 3.63) is 47.5 Å². The standard InChI is InChI=1S/C15H16N2O2/c1-10-8-11(2)15(19-3)13(9-10)17-16-12-6-4-5-7-14(12)18/h4-9,18H,1-3H3. The summed E-state index contributed by atoms with van der Waals surface area (Å²) in [5, 5.41) is 17.9. The lowest BCUT2D eigenvalue weighted by molar-refractivity contribution is 0.412. The SMILES string of the molecule is COc1c(C)cc(C)cc1N=Nc1ccccc1O. The van der Waals surface area contributed by atoms with Crippen molar-refractivity contribution in [3.8, 4) is 11.5 Å². The molecule has 0 aromatic heterocycles. The van der Waals surface area contributed by atoms with Gasteiger partial charge in [0.25, 0.3) is 0 Å². The van der Waals surface area contributed by atoms with Crippen molar-refractivity contribution in [1.82, 2.24) is 0 Å². The third-order valence-electron chi connectivity index (χ3n) is 2.75. The van der Waals surface area contributed by atoms with E-state index in [4.69, 9.17) is 4.74 Å². The molecule has 0 bridgehead atoms. The number of benzene rings is 2. The van der Waals surface area contributed by atoms with Gasteiger partial charge in [-0.25, -0.2) is 0 Å². The van der Waals surface area contributed by atoms with E-state index >= 15 is 0 Å². The van der Waals surface area contributed by atoms with Crippen molar-refractivity contribution in [3.63, 3.8) is 0 Å². The number of phenols is 1. The van der Waals surface area contributed by atoms with Crippen LogP contribution in [0.1, 0.15) is 11.1 Å². The predicted octanol–water partition coefficient (Wildman–Crippen LogP) is 4.43. The molecule has 0 atom stereocenters. The number of ether oxygens (including phenoxy) is 1. The van der Waals surface area contributed by atoms with E-state index in [1.165, 1.54) is 0 Å². The van der Waals surface area contributed by atoms with Crippen LogP contribution >= 0.6 is 0 Å². The van der Waals surface area contributed by atoms with E-state index in [1.54, 1.807) is 31.4 Å². The first kappa shape index (κ1) is 13.1. The molecule has 2 aromatic rings. The smallest absolute Gasteiger partial charge is 0.149 e. The molecule has 4 heteroatoms. The third-order valence-corrected chi connectivity index (χ3v) is 2.75. The number of rotatable bonds is 3. The van der Waals surface area contributed by atoms with Crippen molar-refractivity contribution in [2.75, 3.05) is 7.11 Å². The van der Waals surface area contributed by atoms with E-state index in [-0.39, 0.29) is 5.75 Å². The zero-order valence-corrected chi connectivity index (χ0v) is 11.2. The van der Waals surface area contributed by atoms with Crippen LogP contribution in [0, 0.1) is 13.8 Å². The Morgan fingerprint density at radius 2 is 1.68 bits per heavy atom. The van der Waals surface area contributed by atoms with Crippen molar-refractivity contribution < 1.29 is 9.84 Å². The van der Waals surface area contributed by atoms with Crippen LogP contribution in [0.3, 0.4) is 0 Å². The number of nitrogens with zero attached hydrogens (tertiary/aromatic N) is 2. The molecule has 0 radical (unpaired) electrons. The van der Waals surface area contributed by atoms with Gasteiger partial charge in [-0.1, -0.05) is 18.2 Å². The number of aromatic hydroxyl groups is 1. The topological polar surface area (TPSA) is 54.2 Å². The second kappa shape index (κ2) is 5.52. The lowest BCUT2D eigenvalue weighted by Gasteiger charge is -2.08. The van der Waals surface area contributed by atoms with Gasteiger partial charge in [-0.2, -0.15) is 0 Å². The minimum Gasteiger partial charge on any atom is -0.506 e. The molecule has 0 amide bonds. The quantitative estimate of drug-likeness (QED) is 0.826. The van der Waals surface area contributed by atoms with Gasteiger partial charge in [0.2, 0.25) is 0 Å². The zero-order valence-electron chi connectivity index (χ0n) is 11.2. The number of methoxy groups -OCH3 is 1. The Hall–Kier alpha value is -2.36. The first-order valence-corrected chi connectivity index (χ1v) is 5.97. The Balaban J connectivity index is 2.41. The summed E-state index contributed by atoms with van der Waals surface area (Å²) in [6.45, 7) is 3.95. The highest BCUT2D eigenvalue weighted by Gasteiger charge is 2.07. The summed E-state index contributed by atoms with van der Waals surface area (Å²) in [5.41, 5.74) is 3.19. The number of azo groups is 1. The average Bonchev–Trinajstić information content (AvgIpc) is 2.37. The van der Waals surface area contributed by atoms with E-state index in [0.717, 1.165) is 11.1 Å². The molecule has 0 aliphatic rings. The van der Waals surface area contributed by atoms with E-state index in [0.29, 0.717) is 17.1 Å². The van der Waals surface area contributed by atoms with E-state index in [9.17, 15) is 5.11 Å². The predicted molar refractivity (Wildman–Crippen MR) is 74.8 cm³/mol. The average molecular weight is 256 g/mol. The van der Waals surface area contributed by atoms with Crippen molar-refractivity contribution >= 4 is 11.4 Å². The molecular formula is C15H16N2O2. The molecule has 0 heterocycles. The molecule has 0 saturated carbocycles. The Labute approximate surface area is 112 Å². The lowest BCUT2D eigenvalue weighted by atomic mass is 10.1. The highest BCUT2D eigenvalue weighted by atomic mass is 16.5. The molecule has 4 nitrogen and oxygen atoms in total. The minimum absolute atomic E-state index is 0.106. The van der Waals surface area contributed by atoms with Crippen LogP contribution in [0.25, 0.3) is 0 Å². The summed E-state index contributed by atoms with van der Waals surface area (Å²) in [6, 6.07) is 10.7. The second-order valence-electron chi connectivity index (χ2n) is 4.32. The van der Waals surface area contributed by atoms with Crippen LogP contribution in [0.2, 0.25) is 0 Å². The van der Waals surface area contributed by atoms with E-state index in [2.05, 4.69) is 10.2 Å². The van der Waals surface area contributed by atoms with Crippen LogP contribution in [-0.4, -0.2) is 12.2 Å². The Morgan fingerprint density at radius 1 is 1.00 bits per heavy atom. The van der Waals surface area contributed by atoms with Gasteiger partial charge in [-0.3, -0.25) is 0 Å². The van der Waals surface area contributed by atoms with Crippen molar-refractivity contribution in [2.45, 2.75) is 13.8 Å². The number of hydrogen-bond acceptors (Lipinski definition) is 4. The highest BCUT2D eigenvalue weighted by Crippen LogP contribution is 2.34. The van der Waals surface area contributed by atoms with Crippen LogP contribution in [0.5, 0.6) is 11.5 Å². The van der Waals surface area contributed by atoms with Gasteiger partial charge in [-0.15, -0.1) is 10.2 Å². The van der Waals surface area contributed by atoms with Gasteiger partial charge in [0, 0.05) is 0 Å². The molecule has 19 heavy (non-hydrogen) atoms. The van der Waals surface area contributed by atoms with Gasteiger partial charge in [0.1, 0.15) is 22.9 Å². The maximum Gasteiger partial charge on any atom is 0.149 e. The maximum atomic E-state index is 9.64. The summed E-state index contributed by atoms with van der Waals surface area (Å²) in [6.07, 6.45) is 0. The number of phenolic OH excluding ortho intramolecular Hbond substituents is 1. The number of hydrogen-bond donors (Lipinski definition) is 1. The van der Waals surface area contributed by atoms with Gasteiger partial charge in [0.15, 0.2) is 0 Å². The van der Waals surface area contributed by atoms with E-state index in [1.807, 2.05) is 26.0 Å². The molecule has 1 N–H and O–H groups in total. The number of aryl methyl sites for hydroxylation is 2. The minimum atomic E-state index is 0.106. The van der Waals surface area contributed by atoms with Gasteiger partial charge in [0.05, 0.1) is 7.11 Å². The molecule has 2 aromatic carbocycles. The summed E-state index contributed by atoms with van der Waals surface area (Å²) >= 11 is 0. The van der Waals surface area contributed by atoms with E-state index < -0.39 is 0 Å². The lowest BCUT2D eigenvalue weighted by Crippen LogP contribution is -1.88. The molecule has 0 fully saturated rings. The molecule has 98 valence electrons. The Bertz CT molecular complexity index is 622. The number of para-hydroxylation sites is 1. The first-order valence-electron chi connectivity index (χ1n) is 5.97.